The number of nitrogens with one attached hydrogen (secondary N) is 2. The third-order valence-electron chi connectivity index (χ3n) is 4.18. The molecule has 0 saturated carbocycles. The Balaban J connectivity index is 2.23. The lowest BCUT2D eigenvalue weighted by Gasteiger charge is -2.35. The van der Waals surface area contributed by atoms with Crippen LogP contribution in [0.4, 0.5) is 0 Å². The normalized spacial score (nSPS) is 21.2. The minimum absolute atomic E-state index is 0.140. The van der Waals surface area contributed by atoms with E-state index in [0.717, 1.165) is 26.1 Å². The van der Waals surface area contributed by atoms with Crippen molar-refractivity contribution in [3.8, 4) is 0 Å². The van der Waals surface area contributed by atoms with Crippen molar-refractivity contribution in [3.63, 3.8) is 0 Å². The number of hydrogen-bond acceptors (Lipinski definition) is 4. The predicted octanol–water partition coefficient (Wildman–Crippen LogP) is 1.24. The van der Waals surface area contributed by atoms with Gasteiger partial charge < -0.3 is 15.4 Å². The average molecular weight is 299 g/mol. The van der Waals surface area contributed by atoms with Gasteiger partial charge in [0, 0.05) is 32.8 Å². The number of ether oxygens (including phenoxy) is 1. The minimum Gasteiger partial charge on any atom is -0.385 e. The van der Waals surface area contributed by atoms with Gasteiger partial charge in [0.25, 0.3) is 0 Å². The van der Waals surface area contributed by atoms with Crippen molar-refractivity contribution in [2.75, 3.05) is 46.4 Å². The van der Waals surface area contributed by atoms with E-state index in [4.69, 9.17) is 4.74 Å². The highest BCUT2D eigenvalue weighted by Crippen LogP contribution is 2.19. The quantitative estimate of drug-likeness (QED) is 0.596. The molecule has 2 atom stereocenters. The Labute approximate surface area is 129 Å². The molecular weight excluding hydrogens is 266 g/mol. The molecule has 1 fully saturated rings. The van der Waals surface area contributed by atoms with Crippen LogP contribution in [0.25, 0.3) is 0 Å². The van der Waals surface area contributed by atoms with Crippen molar-refractivity contribution < 1.29 is 9.53 Å². The van der Waals surface area contributed by atoms with Gasteiger partial charge >= 0.3 is 0 Å². The molecule has 124 valence electrons. The van der Waals surface area contributed by atoms with Crippen molar-refractivity contribution >= 4 is 5.91 Å². The van der Waals surface area contributed by atoms with Gasteiger partial charge in [0.1, 0.15) is 0 Å². The molecule has 1 aliphatic heterocycles. The molecule has 0 aromatic heterocycles. The standard InChI is InChI=1S/C16H33N3O2/c1-4-8-17-14(2)15-7-5-10-19(12-15)13-16(20)18-9-6-11-21-3/h14-15,17H,4-13H2,1-3H3,(H,18,20). The first-order chi connectivity index (χ1) is 10.2. The van der Waals surface area contributed by atoms with Gasteiger partial charge in [-0.3, -0.25) is 9.69 Å². The van der Waals surface area contributed by atoms with Gasteiger partial charge in [0.2, 0.25) is 5.91 Å². The molecule has 5 heteroatoms. The molecule has 1 rings (SSSR count). The summed E-state index contributed by atoms with van der Waals surface area (Å²) in [5, 5.41) is 6.55. The molecule has 21 heavy (non-hydrogen) atoms. The number of carbonyl (C=O) groups excluding carboxylic acids is 1. The molecule has 0 spiro atoms. The lowest BCUT2D eigenvalue weighted by Crippen LogP contribution is -2.47. The Morgan fingerprint density at radius 1 is 1.43 bits per heavy atom. The first-order valence-corrected chi connectivity index (χ1v) is 8.38. The van der Waals surface area contributed by atoms with Crippen LogP contribution in [0.5, 0.6) is 0 Å². The largest absolute Gasteiger partial charge is 0.385 e. The van der Waals surface area contributed by atoms with Crippen LogP contribution in [0.1, 0.15) is 39.5 Å². The van der Waals surface area contributed by atoms with Gasteiger partial charge in [-0.25, -0.2) is 0 Å². The molecule has 2 N–H and O–H groups in total. The number of nitrogens with zero attached hydrogens (tertiary/aromatic N) is 1. The number of piperidine rings is 1. The summed E-state index contributed by atoms with van der Waals surface area (Å²) >= 11 is 0. The molecule has 1 saturated heterocycles. The first-order valence-electron chi connectivity index (χ1n) is 8.38. The number of methoxy groups -OCH3 is 1. The monoisotopic (exact) mass is 299 g/mol. The summed E-state index contributed by atoms with van der Waals surface area (Å²) in [5.41, 5.74) is 0. The molecule has 0 aliphatic carbocycles. The van der Waals surface area contributed by atoms with Crippen molar-refractivity contribution in [1.82, 2.24) is 15.5 Å². The first kappa shape index (κ1) is 18.4. The smallest absolute Gasteiger partial charge is 0.234 e. The lowest BCUT2D eigenvalue weighted by molar-refractivity contribution is -0.122. The van der Waals surface area contributed by atoms with Gasteiger partial charge in [-0.05, 0) is 51.6 Å². The number of amides is 1. The third kappa shape index (κ3) is 7.79. The van der Waals surface area contributed by atoms with Crippen molar-refractivity contribution in [2.45, 2.75) is 45.6 Å². The van der Waals surface area contributed by atoms with Crippen molar-refractivity contribution in [3.05, 3.63) is 0 Å². The van der Waals surface area contributed by atoms with Gasteiger partial charge in [-0.1, -0.05) is 6.92 Å². The molecule has 1 amide bonds. The van der Waals surface area contributed by atoms with Crippen LogP contribution in [0.3, 0.4) is 0 Å². The van der Waals surface area contributed by atoms with Crippen LogP contribution in [0.2, 0.25) is 0 Å². The fourth-order valence-electron chi connectivity index (χ4n) is 2.89. The Morgan fingerprint density at radius 2 is 2.24 bits per heavy atom. The van der Waals surface area contributed by atoms with E-state index in [0.29, 0.717) is 31.7 Å². The van der Waals surface area contributed by atoms with Crippen molar-refractivity contribution in [2.24, 2.45) is 5.92 Å². The number of hydrogen-bond donors (Lipinski definition) is 2. The van der Waals surface area contributed by atoms with Gasteiger partial charge in [-0.2, -0.15) is 0 Å². The van der Waals surface area contributed by atoms with Crippen LogP contribution >= 0.6 is 0 Å². The zero-order valence-corrected chi connectivity index (χ0v) is 14.0. The summed E-state index contributed by atoms with van der Waals surface area (Å²) in [7, 11) is 1.68. The second kappa shape index (κ2) is 11.0. The summed E-state index contributed by atoms with van der Waals surface area (Å²) in [6.07, 6.45) is 4.51. The van der Waals surface area contributed by atoms with Gasteiger partial charge in [0.15, 0.2) is 0 Å². The molecule has 5 nitrogen and oxygen atoms in total. The predicted molar refractivity (Wildman–Crippen MR) is 86.4 cm³/mol. The Morgan fingerprint density at radius 3 is 2.95 bits per heavy atom. The molecule has 0 aromatic carbocycles. The lowest BCUT2D eigenvalue weighted by atomic mass is 9.91. The van der Waals surface area contributed by atoms with Crippen LogP contribution in [0.15, 0.2) is 0 Å². The van der Waals surface area contributed by atoms with E-state index in [2.05, 4.69) is 29.4 Å². The molecule has 2 unspecified atom stereocenters. The molecule has 1 aliphatic rings. The topological polar surface area (TPSA) is 53.6 Å². The maximum absolute atomic E-state index is 11.9. The molecular formula is C16H33N3O2. The number of carbonyl (C=O) groups is 1. The van der Waals surface area contributed by atoms with E-state index in [9.17, 15) is 4.79 Å². The molecule has 0 radical (unpaired) electrons. The highest BCUT2D eigenvalue weighted by Gasteiger charge is 2.25. The zero-order valence-electron chi connectivity index (χ0n) is 14.0. The summed E-state index contributed by atoms with van der Waals surface area (Å²) in [6.45, 7) is 9.56. The van der Waals surface area contributed by atoms with E-state index in [1.54, 1.807) is 7.11 Å². The fourth-order valence-corrected chi connectivity index (χ4v) is 2.89. The number of likely N-dealkylation sites (tertiary alicyclic amines) is 1. The third-order valence-corrected chi connectivity index (χ3v) is 4.18. The maximum atomic E-state index is 11.9. The van der Waals surface area contributed by atoms with E-state index in [1.807, 2.05) is 0 Å². The Bertz CT molecular complexity index is 287. The Kier molecular flexibility index (Phi) is 9.63. The van der Waals surface area contributed by atoms with Crippen LogP contribution in [-0.2, 0) is 9.53 Å². The summed E-state index contributed by atoms with van der Waals surface area (Å²) in [6, 6.07) is 0.539. The van der Waals surface area contributed by atoms with E-state index in [-0.39, 0.29) is 5.91 Å². The van der Waals surface area contributed by atoms with E-state index < -0.39 is 0 Å². The van der Waals surface area contributed by atoms with Crippen molar-refractivity contribution in [1.29, 1.82) is 0 Å². The van der Waals surface area contributed by atoms with Crippen LogP contribution < -0.4 is 10.6 Å². The van der Waals surface area contributed by atoms with Crippen LogP contribution in [0, 0.1) is 5.92 Å². The second-order valence-electron chi connectivity index (χ2n) is 6.08. The SMILES string of the molecule is CCCNC(C)C1CCCN(CC(=O)NCCCOC)C1. The maximum Gasteiger partial charge on any atom is 0.234 e. The molecule has 0 aromatic rings. The van der Waals surface area contributed by atoms with Crippen LogP contribution in [-0.4, -0.2) is 63.3 Å². The minimum atomic E-state index is 0.140. The Hall–Kier alpha value is -0.650. The molecule has 1 heterocycles. The average Bonchev–Trinajstić information content (AvgIpc) is 2.49. The summed E-state index contributed by atoms with van der Waals surface area (Å²) < 4.78 is 4.98. The van der Waals surface area contributed by atoms with E-state index >= 15 is 0 Å². The zero-order chi connectivity index (χ0) is 15.5. The second-order valence-corrected chi connectivity index (χ2v) is 6.08. The van der Waals surface area contributed by atoms with E-state index in [1.165, 1.54) is 19.3 Å². The highest BCUT2D eigenvalue weighted by molar-refractivity contribution is 5.77. The summed E-state index contributed by atoms with van der Waals surface area (Å²) in [4.78, 5) is 14.2. The van der Waals surface area contributed by atoms with Gasteiger partial charge in [0.05, 0.1) is 6.54 Å². The summed E-state index contributed by atoms with van der Waals surface area (Å²) in [5.74, 6) is 0.799. The van der Waals surface area contributed by atoms with Gasteiger partial charge in [-0.15, -0.1) is 0 Å². The fraction of sp³-hybridized carbons (Fsp3) is 0.938. The molecule has 0 bridgehead atoms. The highest BCUT2D eigenvalue weighted by atomic mass is 16.5. The number of rotatable bonds is 10.